The molecule has 0 saturated carbocycles. The second-order valence-corrected chi connectivity index (χ2v) is 6.03. The molecule has 0 unspecified atom stereocenters. The molecular formula is C17H19F2N3O. The summed E-state index contributed by atoms with van der Waals surface area (Å²) in [5.41, 5.74) is 1.37. The molecule has 2 heterocycles. The molecule has 1 saturated heterocycles. The van der Waals surface area contributed by atoms with Crippen LogP contribution in [0.25, 0.3) is 0 Å². The number of aryl methyl sites for hydroxylation is 1. The first-order valence-electron chi connectivity index (χ1n) is 7.85. The summed E-state index contributed by atoms with van der Waals surface area (Å²) < 4.78 is 26.2. The predicted molar refractivity (Wildman–Crippen MR) is 81.9 cm³/mol. The van der Waals surface area contributed by atoms with Crippen molar-refractivity contribution in [2.24, 2.45) is 5.92 Å². The summed E-state index contributed by atoms with van der Waals surface area (Å²) >= 11 is 0. The summed E-state index contributed by atoms with van der Waals surface area (Å²) in [6.45, 7) is 1.46. The van der Waals surface area contributed by atoms with Crippen molar-refractivity contribution in [2.45, 2.75) is 25.7 Å². The number of nitrogens with one attached hydrogen (secondary N) is 1. The van der Waals surface area contributed by atoms with Gasteiger partial charge in [0.25, 0.3) is 5.91 Å². The lowest BCUT2D eigenvalue weighted by molar-refractivity contribution is 0.0668. The fraction of sp³-hybridized carbons (Fsp3) is 0.412. The van der Waals surface area contributed by atoms with Gasteiger partial charge < -0.3 is 4.90 Å². The van der Waals surface area contributed by atoms with E-state index in [1.165, 1.54) is 18.3 Å². The average Bonchev–Trinajstić information content (AvgIpc) is 3.10. The minimum absolute atomic E-state index is 0.00345. The molecule has 0 spiro atoms. The van der Waals surface area contributed by atoms with Crippen LogP contribution in [0.3, 0.4) is 0 Å². The maximum atomic E-state index is 13.2. The highest BCUT2D eigenvalue weighted by Crippen LogP contribution is 2.23. The number of rotatable bonds is 4. The Balaban J connectivity index is 1.56. The van der Waals surface area contributed by atoms with Crippen molar-refractivity contribution in [1.29, 1.82) is 0 Å². The standard InChI is InChI=1S/C17H19F2N3O/c18-15-6-5-12(8-16(15)19)3-4-13-2-1-7-22(11-13)17(23)14-9-20-21-10-14/h5-6,8-10,13H,1-4,7,11H2,(H,20,21)/t13-/m1/s1. The van der Waals surface area contributed by atoms with E-state index in [9.17, 15) is 13.6 Å². The van der Waals surface area contributed by atoms with E-state index in [2.05, 4.69) is 10.2 Å². The van der Waals surface area contributed by atoms with E-state index >= 15 is 0 Å². The Kier molecular flexibility index (Phi) is 4.69. The predicted octanol–water partition coefficient (Wildman–Crippen LogP) is 3.17. The van der Waals surface area contributed by atoms with Crippen LogP contribution in [0.1, 0.15) is 35.2 Å². The van der Waals surface area contributed by atoms with Crippen LogP contribution in [0, 0.1) is 17.6 Å². The number of piperidine rings is 1. The Morgan fingerprint density at radius 3 is 2.96 bits per heavy atom. The molecule has 3 rings (SSSR count). The molecule has 6 heteroatoms. The highest BCUT2D eigenvalue weighted by molar-refractivity contribution is 5.93. The maximum Gasteiger partial charge on any atom is 0.257 e. The normalized spacial score (nSPS) is 18.2. The summed E-state index contributed by atoms with van der Waals surface area (Å²) in [5, 5.41) is 6.46. The third-order valence-electron chi connectivity index (χ3n) is 4.38. The molecule has 0 bridgehead atoms. The van der Waals surface area contributed by atoms with E-state index in [0.29, 0.717) is 24.4 Å². The number of H-pyrrole nitrogens is 1. The quantitative estimate of drug-likeness (QED) is 0.941. The molecule has 4 nitrogen and oxygen atoms in total. The summed E-state index contributed by atoms with van der Waals surface area (Å²) in [6, 6.07) is 4.04. The van der Waals surface area contributed by atoms with E-state index in [1.807, 2.05) is 4.90 Å². The summed E-state index contributed by atoms with van der Waals surface area (Å²) in [5.74, 6) is -1.24. The molecule has 1 aromatic heterocycles. The monoisotopic (exact) mass is 319 g/mol. The summed E-state index contributed by atoms with van der Waals surface area (Å²) in [6.07, 6.45) is 6.71. The highest BCUT2D eigenvalue weighted by Gasteiger charge is 2.24. The minimum atomic E-state index is -0.816. The number of aromatic amines is 1. The van der Waals surface area contributed by atoms with Crippen molar-refractivity contribution < 1.29 is 13.6 Å². The number of halogens is 2. The fourth-order valence-electron chi connectivity index (χ4n) is 3.10. The Bertz CT molecular complexity index is 672. The molecule has 0 radical (unpaired) electrons. The van der Waals surface area contributed by atoms with Crippen LogP contribution in [-0.4, -0.2) is 34.1 Å². The molecule has 1 aromatic carbocycles. The third-order valence-corrected chi connectivity index (χ3v) is 4.38. The topological polar surface area (TPSA) is 49.0 Å². The molecule has 1 atom stereocenters. The highest BCUT2D eigenvalue weighted by atomic mass is 19.2. The largest absolute Gasteiger partial charge is 0.338 e. The van der Waals surface area contributed by atoms with Crippen LogP contribution >= 0.6 is 0 Å². The van der Waals surface area contributed by atoms with Gasteiger partial charge in [-0.25, -0.2) is 8.78 Å². The van der Waals surface area contributed by atoms with Crippen molar-refractivity contribution in [3.05, 3.63) is 53.4 Å². The van der Waals surface area contributed by atoms with Crippen molar-refractivity contribution >= 4 is 5.91 Å². The lowest BCUT2D eigenvalue weighted by Crippen LogP contribution is -2.39. The number of amides is 1. The number of carbonyl (C=O) groups is 1. The van der Waals surface area contributed by atoms with Gasteiger partial charge in [-0.1, -0.05) is 6.07 Å². The maximum absolute atomic E-state index is 13.2. The van der Waals surface area contributed by atoms with Gasteiger partial charge in [0.05, 0.1) is 11.8 Å². The van der Waals surface area contributed by atoms with E-state index in [-0.39, 0.29) is 5.91 Å². The SMILES string of the molecule is O=C(c1cn[nH]c1)N1CCC[C@H](CCc2ccc(F)c(F)c2)C1. The molecule has 2 aromatic rings. The van der Waals surface area contributed by atoms with Gasteiger partial charge in [-0.2, -0.15) is 5.10 Å². The van der Waals surface area contributed by atoms with Crippen LogP contribution in [0.2, 0.25) is 0 Å². The van der Waals surface area contributed by atoms with E-state index < -0.39 is 11.6 Å². The van der Waals surface area contributed by atoms with Gasteiger partial charge in [-0.3, -0.25) is 9.89 Å². The summed E-state index contributed by atoms with van der Waals surface area (Å²) in [4.78, 5) is 14.2. The van der Waals surface area contributed by atoms with Crippen LogP contribution < -0.4 is 0 Å². The van der Waals surface area contributed by atoms with Gasteiger partial charge in [0, 0.05) is 19.3 Å². The first-order valence-corrected chi connectivity index (χ1v) is 7.85. The second kappa shape index (κ2) is 6.89. The lowest BCUT2D eigenvalue weighted by atomic mass is 9.91. The van der Waals surface area contributed by atoms with Crippen LogP contribution in [0.15, 0.2) is 30.6 Å². The Hall–Kier alpha value is -2.24. The molecule has 122 valence electrons. The first kappa shape index (κ1) is 15.6. The van der Waals surface area contributed by atoms with E-state index in [1.54, 1.807) is 12.3 Å². The number of benzene rings is 1. The van der Waals surface area contributed by atoms with Gasteiger partial charge in [-0.15, -0.1) is 0 Å². The molecular weight excluding hydrogens is 300 g/mol. The summed E-state index contributed by atoms with van der Waals surface area (Å²) in [7, 11) is 0. The molecule has 23 heavy (non-hydrogen) atoms. The Morgan fingerprint density at radius 1 is 1.35 bits per heavy atom. The zero-order valence-corrected chi connectivity index (χ0v) is 12.8. The Morgan fingerprint density at radius 2 is 2.22 bits per heavy atom. The first-order chi connectivity index (χ1) is 11.1. The minimum Gasteiger partial charge on any atom is -0.338 e. The van der Waals surface area contributed by atoms with Gasteiger partial charge in [0.15, 0.2) is 11.6 Å². The molecule has 0 aliphatic carbocycles. The van der Waals surface area contributed by atoms with Crippen LogP contribution in [0.4, 0.5) is 8.78 Å². The lowest BCUT2D eigenvalue weighted by Gasteiger charge is -2.32. The zero-order chi connectivity index (χ0) is 16.2. The van der Waals surface area contributed by atoms with Crippen molar-refractivity contribution in [3.63, 3.8) is 0 Å². The second-order valence-electron chi connectivity index (χ2n) is 6.03. The van der Waals surface area contributed by atoms with E-state index in [4.69, 9.17) is 0 Å². The number of carbonyl (C=O) groups excluding carboxylic acids is 1. The van der Waals surface area contributed by atoms with Crippen molar-refractivity contribution in [2.75, 3.05) is 13.1 Å². The molecule has 1 fully saturated rings. The number of hydrogen-bond donors (Lipinski definition) is 1. The molecule has 1 amide bonds. The third kappa shape index (κ3) is 3.75. The smallest absolute Gasteiger partial charge is 0.257 e. The number of likely N-dealkylation sites (tertiary alicyclic amines) is 1. The van der Waals surface area contributed by atoms with Crippen molar-refractivity contribution in [3.8, 4) is 0 Å². The number of hydrogen-bond acceptors (Lipinski definition) is 2. The zero-order valence-electron chi connectivity index (χ0n) is 12.8. The molecule has 1 aliphatic heterocycles. The fourth-order valence-corrected chi connectivity index (χ4v) is 3.10. The number of nitrogens with zero attached hydrogens (tertiary/aromatic N) is 2. The van der Waals surface area contributed by atoms with Crippen LogP contribution in [0.5, 0.6) is 0 Å². The molecule has 1 aliphatic rings. The van der Waals surface area contributed by atoms with Gasteiger partial charge >= 0.3 is 0 Å². The van der Waals surface area contributed by atoms with Crippen LogP contribution in [-0.2, 0) is 6.42 Å². The Labute approximate surface area is 133 Å². The average molecular weight is 319 g/mol. The van der Waals surface area contributed by atoms with Gasteiger partial charge in [-0.05, 0) is 49.3 Å². The van der Waals surface area contributed by atoms with Gasteiger partial charge in [0.1, 0.15) is 0 Å². The molecule has 1 N–H and O–H groups in total. The number of aromatic nitrogens is 2. The van der Waals surface area contributed by atoms with E-state index in [0.717, 1.165) is 31.4 Å². The van der Waals surface area contributed by atoms with Crippen molar-refractivity contribution in [1.82, 2.24) is 15.1 Å². The van der Waals surface area contributed by atoms with Gasteiger partial charge in [0.2, 0.25) is 0 Å².